The Hall–Kier alpha value is -1.97. The zero-order valence-electron chi connectivity index (χ0n) is 12.9. The Morgan fingerprint density at radius 1 is 1.24 bits per heavy atom. The fourth-order valence-corrected chi connectivity index (χ4v) is 1.82. The van der Waals surface area contributed by atoms with Crippen molar-refractivity contribution in [3.63, 3.8) is 0 Å². The monoisotopic (exact) mass is 290 g/mol. The van der Waals surface area contributed by atoms with Gasteiger partial charge in [-0.05, 0) is 30.7 Å². The van der Waals surface area contributed by atoms with Crippen molar-refractivity contribution in [3.8, 4) is 5.75 Å². The van der Waals surface area contributed by atoms with E-state index in [0.29, 0.717) is 6.54 Å². The number of hydrogen-bond donors (Lipinski definition) is 2. The Morgan fingerprint density at radius 3 is 2.67 bits per heavy atom. The molecule has 0 unspecified atom stereocenters. The summed E-state index contributed by atoms with van der Waals surface area (Å²) < 4.78 is 5.67. The first-order valence-corrected chi connectivity index (χ1v) is 7.60. The van der Waals surface area contributed by atoms with Crippen molar-refractivity contribution in [1.82, 2.24) is 5.32 Å². The summed E-state index contributed by atoms with van der Waals surface area (Å²) in [7, 11) is 0. The Morgan fingerprint density at radius 2 is 2.00 bits per heavy atom. The van der Waals surface area contributed by atoms with Crippen LogP contribution in [0, 0.1) is 0 Å². The van der Waals surface area contributed by atoms with Crippen LogP contribution in [0.25, 0.3) is 0 Å². The maximum atomic E-state index is 11.4. The molecule has 0 saturated carbocycles. The number of rotatable bonds is 11. The van der Waals surface area contributed by atoms with Crippen LogP contribution < -0.4 is 15.4 Å². The van der Waals surface area contributed by atoms with Crippen LogP contribution in [0.3, 0.4) is 0 Å². The van der Waals surface area contributed by atoms with Gasteiger partial charge in [0.15, 0.2) is 0 Å². The van der Waals surface area contributed by atoms with Crippen LogP contribution in [-0.4, -0.2) is 25.6 Å². The molecule has 0 radical (unpaired) electrons. The Kier molecular flexibility index (Phi) is 8.76. The lowest BCUT2D eigenvalue weighted by Crippen LogP contribution is -2.29. The molecule has 1 aromatic carbocycles. The number of benzene rings is 1. The molecule has 0 aromatic heterocycles. The molecule has 0 saturated heterocycles. The molecular formula is C17H26N2O2. The van der Waals surface area contributed by atoms with Crippen LogP contribution in [0.2, 0.25) is 0 Å². The highest BCUT2D eigenvalue weighted by Gasteiger charge is 2.00. The standard InChI is InChI=1S/C17H26N2O2/c1-3-5-6-7-13-21-16-10-8-15(9-11-16)19-14-17(20)18-12-4-2/h4,8-11,19H,2-3,5-7,12-14H2,1H3,(H,18,20). The highest BCUT2D eigenvalue weighted by molar-refractivity contribution is 5.80. The van der Waals surface area contributed by atoms with E-state index >= 15 is 0 Å². The molecule has 0 atom stereocenters. The molecule has 21 heavy (non-hydrogen) atoms. The van der Waals surface area contributed by atoms with Crippen molar-refractivity contribution in [2.24, 2.45) is 0 Å². The summed E-state index contributed by atoms with van der Waals surface area (Å²) in [5.41, 5.74) is 0.905. The van der Waals surface area contributed by atoms with E-state index in [0.717, 1.165) is 24.5 Å². The van der Waals surface area contributed by atoms with Gasteiger partial charge in [0.25, 0.3) is 0 Å². The lowest BCUT2D eigenvalue weighted by molar-refractivity contribution is -0.119. The average molecular weight is 290 g/mol. The van der Waals surface area contributed by atoms with E-state index in [-0.39, 0.29) is 12.5 Å². The zero-order valence-corrected chi connectivity index (χ0v) is 12.9. The van der Waals surface area contributed by atoms with E-state index in [2.05, 4.69) is 24.1 Å². The molecule has 0 spiro atoms. The first-order valence-electron chi connectivity index (χ1n) is 7.60. The van der Waals surface area contributed by atoms with Gasteiger partial charge in [-0.1, -0.05) is 32.3 Å². The summed E-state index contributed by atoms with van der Waals surface area (Å²) in [6.45, 7) is 7.26. The Labute approximate surface area is 127 Å². The highest BCUT2D eigenvalue weighted by Crippen LogP contribution is 2.16. The summed E-state index contributed by atoms with van der Waals surface area (Å²) in [4.78, 5) is 11.4. The molecule has 0 aliphatic rings. The van der Waals surface area contributed by atoms with Gasteiger partial charge < -0.3 is 15.4 Å². The highest BCUT2D eigenvalue weighted by atomic mass is 16.5. The minimum Gasteiger partial charge on any atom is -0.494 e. The second-order valence-corrected chi connectivity index (χ2v) is 4.88. The molecule has 1 aromatic rings. The normalized spacial score (nSPS) is 9.95. The van der Waals surface area contributed by atoms with E-state index in [1.54, 1.807) is 6.08 Å². The molecule has 0 bridgehead atoms. The van der Waals surface area contributed by atoms with Gasteiger partial charge in [0.05, 0.1) is 13.2 Å². The van der Waals surface area contributed by atoms with E-state index in [9.17, 15) is 4.79 Å². The van der Waals surface area contributed by atoms with Crippen LogP contribution in [-0.2, 0) is 4.79 Å². The summed E-state index contributed by atoms with van der Waals surface area (Å²) in [5, 5.41) is 5.78. The number of carbonyl (C=O) groups excluding carboxylic acids is 1. The van der Waals surface area contributed by atoms with Gasteiger partial charge in [0.1, 0.15) is 5.75 Å². The molecule has 0 aliphatic carbocycles. The third-order valence-corrected chi connectivity index (χ3v) is 3.02. The first kappa shape index (κ1) is 17.1. The number of unbranched alkanes of at least 4 members (excludes halogenated alkanes) is 3. The molecule has 1 amide bonds. The Balaban J connectivity index is 2.23. The van der Waals surface area contributed by atoms with Gasteiger partial charge >= 0.3 is 0 Å². The van der Waals surface area contributed by atoms with Crippen molar-refractivity contribution >= 4 is 11.6 Å². The van der Waals surface area contributed by atoms with Gasteiger partial charge in [-0.3, -0.25) is 4.79 Å². The number of ether oxygens (including phenoxy) is 1. The predicted octanol–water partition coefficient (Wildman–Crippen LogP) is 3.36. The predicted molar refractivity (Wildman–Crippen MR) is 87.8 cm³/mol. The summed E-state index contributed by atoms with van der Waals surface area (Å²) in [6.07, 6.45) is 6.47. The van der Waals surface area contributed by atoms with Crippen LogP contribution in [0.4, 0.5) is 5.69 Å². The molecule has 4 nitrogen and oxygen atoms in total. The molecular weight excluding hydrogens is 264 g/mol. The topological polar surface area (TPSA) is 50.4 Å². The third-order valence-electron chi connectivity index (χ3n) is 3.02. The van der Waals surface area contributed by atoms with Gasteiger partial charge in [0.2, 0.25) is 5.91 Å². The van der Waals surface area contributed by atoms with E-state index in [1.165, 1.54) is 19.3 Å². The van der Waals surface area contributed by atoms with Gasteiger partial charge in [0, 0.05) is 12.2 Å². The van der Waals surface area contributed by atoms with Crippen molar-refractivity contribution in [3.05, 3.63) is 36.9 Å². The fraction of sp³-hybridized carbons (Fsp3) is 0.471. The maximum absolute atomic E-state index is 11.4. The van der Waals surface area contributed by atoms with Crippen molar-refractivity contribution in [2.75, 3.05) is 25.0 Å². The summed E-state index contributed by atoms with van der Waals surface area (Å²) in [6, 6.07) is 7.68. The van der Waals surface area contributed by atoms with Crippen molar-refractivity contribution in [1.29, 1.82) is 0 Å². The average Bonchev–Trinajstić information content (AvgIpc) is 2.52. The van der Waals surface area contributed by atoms with Gasteiger partial charge in [-0.2, -0.15) is 0 Å². The van der Waals surface area contributed by atoms with E-state index < -0.39 is 0 Å². The van der Waals surface area contributed by atoms with Gasteiger partial charge in [-0.15, -0.1) is 6.58 Å². The second-order valence-electron chi connectivity index (χ2n) is 4.88. The molecule has 0 heterocycles. The van der Waals surface area contributed by atoms with Crippen molar-refractivity contribution in [2.45, 2.75) is 32.6 Å². The minimum atomic E-state index is -0.0499. The molecule has 0 fully saturated rings. The Bertz CT molecular complexity index is 415. The van der Waals surface area contributed by atoms with E-state index in [1.807, 2.05) is 24.3 Å². The zero-order chi connectivity index (χ0) is 15.3. The van der Waals surface area contributed by atoms with Crippen LogP contribution >= 0.6 is 0 Å². The van der Waals surface area contributed by atoms with Gasteiger partial charge in [-0.25, -0.2) is 0 Å². The van der Waals surface area contributed by atoms with Crippen LogP contribution in [0.5, 0.6) is 5.75 Å². The van der Waals surface area contributed by atoms with E-state index in [4.69, 9.17) is 4.74 Å². The molecule has 2 N–H and O–H groups in total. The lowest BCUT2D eigenvalue weighted by atomic mass is 10.2. The number of nitrogens with one attached hydrogen (secondary N) is 2. The molecule has 116 valence electrons. The minimum absolute atomic E-state index is 0.0499. The number of anilines is 1. The number of amides is 1. The first-order chi connectivity index (χ1) is 10.3. The molecule has 4 heteroatoms. The number of hydrogen-bond acceptors (Lipinski definition) is 3. The smallest absolute Gasteiger partial charge is 0.239 e. The van der Waals surface area contributed by atoms with Crippen LogP contribution in [0.1, 0.15) is 32.6 Å². The fourth-order valence-electron chi connectivity index (χ4n) is 1.82. The maximum Gasteiger partial charge on any atom is 0.239 e. The summed E-state index contributed by atoms with van der Waals surface area (Å²) >= 11 is 0. The SMILES string of the molecule is C=CCNC(=O)CNc1ccc(OCCCCCC)cc1. The van der Waals surface area contributed by atoms with Crippen molar-refractivity contribution < 1.29 is 9.53 Å². The largest absolute Gasteiger partial charge is 0.494 e. The lowest BCUT2D eigenvalue weighted by Gasteiger charge is -2.09. The third kappa shape index (κ3) is 8.02. The quantitative estimate of drug-likeness (QED) is 0.485. The molecule has 0 aliphatic heterocycles. The van der Waals surface area contributed by atoms with Crippen LogP contribution in [0.15, 0.2) is 36.9 Å². The molecule has 1 rings (SSSR count). The summed E-state index contributed by atoms with van der Waals surface area (Å²) in [5.74, 6) is 0.819. The second kappa shape index (κ2) is 10.8. The number of carbonyl (C=O) groups is 1.